The van der Waals surface area contributed by atoms with Gasteiger partial charge in [-0.2, -0.15) is 5.10 Å². The topological polar surface area (TPSA) is 60.7 Å². The lowest BCUT2D eigenvalue weighted by atomic mass is 10.2. The Kier molecular flexibility index (Phi) is 5.49. The summed E-state index contributed by atoms with van der Waals surface area (Å²) in [6.07, 6.45) is 3.37. The normalized spacial score (nSPS) is 10.2. The quantitative estimate of drug-likeness (QED) is 0.565. The van der Waals surface area contributed by atoms with E-state index < -0.39 is 0 Å². The monoisotopic (exact) mass is 344 g/mol. The highest BCUT2D eigenvalue weighted by molar-refractivity contribution is 5.89. The first kappa shape index (κ1) is 17.5. The minimum atomic E-state index is -0.151. The Morgan fingerprint density at radius 2 is 1.58 bits per heavy atom. The number of aromatic nitrogens is 4. The second-order valence-corrected chi connectivity index (χ2v) is 5.41. The zero-order valence-corrected chi connectivity index (χ0v) is 14.8. The smallest absolute Gasteiger partial charge is 0.267 e. The molecule has 0 aliphatic rings. The number of hydrogen-bond acceptors (Lipinski definition) is 4. The van der Waals surface area contributed by atoms with Crippen molar-refractivity contribution in [3.8, 4) is 11.4 Å². The molecule has 1 aromatic carbocycles. The van der Waals surface area contributed by atoms with Crippen molar-refractivity contribution in [2.45, 2.75) is 20.4 Å². The third-order valence-corrected chi connectivity index (χ3v) is 3.80. The Hall–Kier alpha value is -3.34. The fourth-order valence-electron chi connectivity index (χ4n) is 2.66. The van der Waals surface area contributed by atoms with Crippen LogP contribution in [0.4, 0.5) is 0 Å². The largest absolute Gasteiger partial charge is 0.276 e. The molecule has 0 saturated heterocycles. The second kappa shape index (κ2) is 8.16. The molecular weight excluding hydrogens is 324 g/mol. The minimum Gasteiger partial charge on any atom is -0.267 e. The van der Waals surface area contributed by atoms with Gasteiger partial charge in [-0.1, -0.05) is 50.2 Å². The molecule has 3 aromatic heterocycles. The molecule has 5 heteroatoms. The van der Waals surface area contributed by atoms with E-state index >= 15 is 0 Å². The number of nitrogens with zero attached hydrogens (tertiary/aromatic N) is 4. The molecule has 130 valence electrons. The highest BCUT2D eigenvalue weighted by Crippen LogP contribution is 2.20. The first-order valence-corrected chi connectivity index (χ1v) is 8.64. The summed E-state index contributed by atoms with van der Waals surface area (Å²) in [6.45, 7) is 4.41. The van der Waals surface area contributed by atoms with Crippen LogP contribution in [0.2, 0.25) is 0 Å². The van der Waals surface area contributed by atoms with Crippen molar-refractivity contribution < 1.29 is 0 Å². The average Bonchev–Trinajstić information content (AvgIpc) is 2.73. The van der Waals surface area contributed by atoms with Gasteiger partial charge in [-0.05, 0) is 29.8 Å². The van der Waals surface area contributed by atoms with Gasteiger partial charge >= 0.3 is 0 Å². The van der Waals surface area contributed by atoms with Gasteiger partial charge in [0.25, 0.3) is 5.56 Å². The van der Waals surface area contributed by atoms with Crippen LogP contribution in [-0.2, 0) is 6.54 Å². The van der Waals surface area contributed by atoms with Gasteiger partial charge in [0.15, 0.2) is 0 Å². The van der Waals surface area contributed by atoms with Crippen LogP contribution >= 0.6 is 0 Å². The molecular formula is C21H20N4O. The SMILES string of the molecule is CC.O=c1c2cccnc2c(-c2ccccn2)nn1Cc1ccccc1. The van der Waals surface area contributed by atoms with Crippen LogP contribution in [0.25, 0.3) is 22.3 Å². The van der Waals surface area contributed by atoms with Crippen LogP contribution in [0.15, 0.2) is 77.9 Å². The average molecular weight is 344 g/mol. The van der Waals surface area contributed by atoms with Crippen LogP contribution in [-0.4, -0.2) is 19.7 Å². The van der Waals surface area contributed by atoms with Crippen molar-refractivity contribution in [1.29, 1.82) is 0 Å². The molecule has 0 aliphatic heterocycles. The van der Waals surface area contributed by atoms with E-state index in [4.69, 9.17) is 0 Å². The van der Waals surface area contributed by atoms with Crippen molar-refractivity contribution >= 4 is 10.9 Å². The Morgan fingerprint density at radius 3 is 2.31 bits per heavy atom. The second-order valence-electron chi connectivity index (χ2n) is 5.41. The van der Waals surface area contributed by atoms with E-state index in [0.29, 0.717) is 28.8 Å². The molecule has 0 bridgehead atoms. The molecule has 0 N–H and O–H groups in total. The van der Waals surface area contributed by atoms with E-state index in [2.05, 4.69) is 15.1 Å². The molecule has 0 unspecified atom stereocenters. The van der Waals surface area contributed by atoms with Crippen LogP contribution in [0, 0.1) is 0 Å². The molecule has 0 amide bonds. The van der Waals surface area contributed by atoms with Crippen LogP contribution in [0.5, 0.6) is 0 Å². The Morgan fingerprint density at radius 1 is 0.846 bits per heavy atom. The van der Waals surface area contributed by atoms with Crippen molar-refractivity contribution in [1.82, 2.24) is 19.7 Å². The zero-order valence-electron chi connectivity index (χ0n) is 14.8. The minimum absolute atomic E-state index is 0.151. The zero-order chi connectivity index (χ0) is 18.4. The lowest BCUT2D eigenvalue weighted by Crippen LogP contribution is -2.24. The fourth-order valence-corrected chi connectivity index (χ4v) is 2.66. The van der Waals surface area contributed by atoms with Crippen molar-refractivity contribution in [3.05, 3.63) is 89.0 Å². The summed E-state index contributed by atoms with van der Waals surface area (Å²) < 4.78 is 1.48. The van der Waals surface area contributed by atoms with Gasteiger partial charge in [-0.25, -0.2) is 4.68 Å². The van der Waals surface area contributed by atoms with Crippen LogP contribution < -0.4 is 5.56 Å². The van der Waals surface area contributed by atoms with E-state index in [9.17, 15) is 4.79 Å². The van der Waals surface area contributed by atoms with Gasteiger partial charge in [-0.15, -0.1) is 0 Å². The Balaban J connectivity index is 0.000000948. The highest BCUT2D eigenvalue weighted by Gasteiger charge is 2.14. The fraction of sp³-hybridized carbons (Fsp3) is 0.143. The van der Waals surface area contributed by atoms with E-state index in [1.807, 2.05) is 62.4 Å². The molecule has 0 spiro atoms. The standard InChI is InChI=1S/C19H14N4O.C2H6/c24-19-15-9-6-12-21-17(15)18(16-10-4-5-11-20-16)22-23(19)13-14-7-2-1-3-8-14;1-2/h1-12H,13H2;1-2H3. The van der Waals surface area contributed by atoms with E-state index in [1.165, 1.54) is 4.68 Å². The number of rotatable bonds is 3. The highest BCUT2D eigenvalue weighted by atomic mass is 16.1. The van der Waals surface area contributed by atoms with E-state index in [0.717, 1.165) is 5.56 Å². The van der Waals surface area contributed by atoms with Gasteiger partial charge in [-0.3, -0.25) is 14.8 Å². The van der Waals surface area contributed by atoms with Crippen LogP contribution in [0.3, 0.4) is 0 Å². The lowest BCUT2D eigenvalue weighted by Gasteiger charge is -2.10. The summed E-state index contributed by atoms with van der Waals surface area (Å²) in [5.74, 6) is 0. The van der Waals surface area contributed by atoms with Crippen molar-refractivity contribution in [2.24, 2.45) is 0 Å². The molecule has 3 heterocycles. The first-order valence-electron chi connectivity index (χ1n) is 8.64. The van der Waals surface area contributed by atoms with Gasteiger partial charge in [0.2, 0.25) is 0 Å². The van der Waals surface area contributed by atoms with Crippen molar-refractivity contribution in [3.63, 3.8) is 0 Å². The number of pyridine rings is 2. The molecule has 0 radical (unpaired) electrons. The maximum absolute atomic E-state index is 12.8. The summed E-state index contributed by atoms with van der Waals surface area (Å²) in [7, 11) is 0. The number of benzene rings is 1. The first-order chi connectivity index (χ1) is 12.8. The Labute approximate surface area is 152 Å². The molecule has 0 atom stereocenters. The van der Waals surface area contributed by atoms with Gasteiger partial charge < -0.3 is 0 Å². The summed E-state index contributed by atoms with van der Waals surface area (Å²) in [5.41, 5.74) is 2.75. The van der Waals surface area contributed by atoms with Crippen molar-refractivity contribution in [2.75, 3.05) is 0 Å². The molecule has 0 fully saturated rings. The summed E-state index contributed by atoms with van der Waals surface area (Å²) in [5, 5.41) is 5.09. The lowest BCUT2D eigenvalue weighted by molar-refractivity contribution is 0.649. The third kappa shape index (κ3) is 3.52. The van der Waals surface area contributed by atoms with Crippen LogP contribution in [0.1, 0.15) is 19.4 Å². The maximum Gasteiger partial charge on any atom is 0.276 e. The molecule has 4 rings (SSSR count). The van der Waals surface area contributed by atoms with E-state index in [1.54, 1.807) is 24.5 Å². The molecule has 26 heavy (non-hydrogen) atoms. The third-order valence-electron chi connectivity index (χ3n) is 3.80. The van der Waals surface area contributed by atoms with Gasteiger partial charge in [0.05, 0.1) is 17.6 Å². The summed E-state index contributed by atoms with van der Waals surface area (Å²) in [4.78, 5) is 21.5. The van der Waals surface area contributed by atoms with Gasteiger partial charge in [0, 0.05) is 12.4 Å². The predicted molar refractivity (Wildman–Crippen MR) is 104 cm³/mol. The molecule has 5 nitrogen and oxygen atoms in total. The Bertz CT molecular complexity index is 1040. The van der Waals surface area contributed by atoms with Gasteiger partial charge in [0.1, 0.15) is 11.2 Å². The molecule has 4 aromatic rings. The molecule has 0 aliphatic carbocycles. The van der Waals surface area contributed by atoms with E-state index in [-0.39, 0.29) is 5.56 Å². The summed E-state index contributed by atoms with van der Waals surface area (Å²) >= 11 is 0. The predicted octanol–water partition coefficient (Wildman–Crippen LogP) is 3.93. The summed E-state index contributed by atoms with van der Waals surface area (Å²) in [6, 6.07) is 18.9. The number of hydrogen-bond donors (Lipinski definition) is 0. The maximum atomic E-state index is 12.8. The number of fused-ring (bicyclic) bond motifs is 1. The molecule has 0 saturated carbocycles.